The number of rotatable bonds is 9. The molecule has 3 rings (SSSR count). The van der Waals surface area contributed by atoms with Crippen molar-refractivity contribution in [3.05, 3.63) is 93.2 Å². The Kier molecular flexibility index (Phi) is 8.33. The Hall–Kier alpha value is -3.06. The van der Waals surface area contributed by atoms with Crippen LogP contribution in [0.25, 0.3) is 0 Å². The van der Waals surface area contributed by atoms with Crippen LogP contribution in [0.5, 0.6) is 0 Å². The van der Waals surface area contributed by atoms with Crippen LogP contribution in [0, 0.1) is 18.6 Å². The standard InChI is InChI=1S/C26H28F2N2O2S/c1-4-18(2)30(26(32)23-7-5-6-8-24(23)28)17-25(31)29(16-22-14-9-19(3)33-22)15-20-10-12-21(27)13-11-20/h5-14,18H,4,15-17H2,1-3H3/t18-/m0/s1. The summed E-state index contributed by atoms with van der Waals surface area (Å²) < 4.78 is 27.7. The first-order valence-corrected chi connectivity index (χ1v) is 11.7. The fraction of sp³-hybridized carbons (Fsp3) is 0.308. The van der Waals surface area contributed by atoms with Gasteiger partial charge in [0.05, 0.1) is 12.1 Å². The van der Waals surface area contributed by atoms with Crippen LogP contribution in [0.2, 0.25) is 0 Å². The fourth-order valence-electron chi connectivity index (χ4n) is 3.48. The first-order chi connectivity index (χ1) is 15.8. The summed E-state index contributed by atoms with van der Waals surface area (Å²) in [7, 11) is 0. The molecule has 2 aromatic carbocycles. The van der Waals surface area contributed by atoms with Gasteiger partial charge in [-0.05, 0) is 62.2 Å². The van der Waals surface area contributed by atoms with Crippen molar-refractivity contribution in [3.8, 4) is 0 Å². The van der Waals surface area contributed by atoms with Gasteiger partial charge in [0.1, 0.15) is 18.2 Å². The Morgan fingerprint density at radius 3 is 2.27 bits per heavy atom. The second kappa shape index (κ2) is 11.2. The molecule has 0 aliphatic heterocycles. The minimum absolute atomic E-state index is 0.0513. The van der Waals surface area contributed by atoms with Crippen LogP contribution in [0.4, 0.5) is 8.78 Å². The highest BCUT2D eigenvalue weighted by Gasteiger charge is 2.27. The first kappa shape index (κ1) is 24.6. The van der Waals surface area contributed by atoms with Crippen molar-refractivity contribution in [1.29, 1.82) is 0 Å². The normalized spacial score (nSPS) is 11.8. The second-order valence-electron chi connectivity index (χ2n) is 8.06. The molecule has 0 unspecified atom stereocenters. The highest BCUT2D eigenvalue weighted by atomic mass is 32.1. The van der Waals surface area contributed by atoms with E-state index in [0.717, 1.165) is 15.3 Å². The van der Waals surface area contributed by atoms with E-state index in [1.807, 2.05) is 32.9 Å². The molecule has 0 aliphatic rings. The Balaban J connectivity index is 1.85. The van der Waals surface area contributed by atoms with Crippen molar-refractivity contribution in [2.45, 2.75) is 46.3 Å². The molecule has 0 N–H and O–H groups in total. The van der Waals surface area contributed by atoms with Crippen LogP contribution >= 0.6 is 11.3 Å². The van der Waals surface area contributed by atoms with E-state index in [4.69, 9.17) is 0 Å². The highest BCUT2D eigenvalue weighted by molar-refractivity contribution is 7.11. The minimum atomic E-state index is -0.611. The van der Waals surface area contributed by atoms with Gasteiger partial charge in [0, 0.05) is 22.3 Å². The predicted molar refractivity (Wildman–Crippen MR) is 127 cm³/mol. The number of carbonyl (C=O) groups is 2. The maximum atomic E-state index is 14.3. The summed E-state index contributed by atoms with van der Waals surface area (Å²) in [6, 6.07) is 15.5. The summed E-state index contributed by atoms with van der Waals surface area (Å²) in [4.78, 5) is 31.8. The molecular weight excluding hydrogens is 442 g/mol. The van der Waals surface area contributed by atoms with E-state index in [2.05, 4.69) is 0 Å². The largest absolute Gasteiger partial charge is 0.332 e. The molecule has 0 spiro atoms. The van der Waals surface area contributed by atoms with Crippen LogP contribution in [-0.4, -0.2) is 34.2 Å². The highest BCUT2D eigenvalue weighted by Crippen LogP contribution is 2.20. The van der Waals surface area contributed by atoms with Gasteiger partial charge in [-0.3, -0.25) is 9.59 Å². The SMILES string of the molecule is CC[C@H](C)N(CC(=O)N(Cc1ccc(F)cc1)Cc1ccc(C)s1)C(=O)c1ccccc1F. The summed E-state index contributed by atoms with van der Waals surface area (Å²) >= 11 is 1.60. The molecule has 1 heterocycles. The zero-order chi connectivity index (χ0) is 24.0. The molecule has 0 bridgehead atoms. The van der Waals surface area contributed by atoms with Gasteiger partial charge in [-0.15, -0.1) is 11.3 Å². The average Bonchev–Trinajstić information content (AvgIpc) is 3.22. The number of thiophene rings is 1. The molecule has 3 aromatic rings. The van der Waals surface area contributed by atoms with Crippen LogP contribution in [0.3, 0.4) is 0 Å². The Bertz CT molecular complexity index is 1100. The number of nitrogens with zero attached hydrogens (tertiary/aromatic N) is 2. The van der Waals surface area contributed by atoms with Crippen LogP contribution in [0.1, 0.15) is 45.9 Å². The van der Waals surface area contributed by atoms with E-state index in [1.54, 1.807) is 34.4 Å². The molecule has 0 fully saturated rings. The molecule has 7 heteroatoms. The minimum Gasteiger partial charge on any atom is -0.332 e. The lowest BCUT2D eigenvalue weighted by molar-refractivity contribution is -0.133. The van der Waals surface area contributed by atoms with Gasteiger partial charge in [-0.25, -0.2) is 8.78 Å². The van der Waals surface area contributed by atoms with Crippen molar-refractivity contribution >= 4 is 23.2 Å². The monoisotopic (exact) mass is 470 g/mol. The molecule has 2 amide bonds. The Morgan fingerprint density at radius 2 is 1.67 bits per heavy atom. The predicted octanol–water partition coefficient (Wildman–Crippen LogP) is 5.80. The number of hydrogen-bond donors (Lipinski definition) is 0. The Labute approximate surface area is 197 Å². The number of aryl methyl sites for hydroxylation is 1. The van der Waals surface area contributed by atoms with Gasteiger partial charge in [0.25, 0.3) is 5.91 Å². The molecule has 1 atom stereocenters. The number of hydrogen-bond acceptors (Lipinski definition) is 3. The number of benzene rings is 2. The molecule has 0 saturated heterocycles. The van der Waals surface area contributed by atoms with Gasteiger partial charge in [-0.1, -0.05) is 31.2 Å². The molecule has 0 aliphatic carbocycles. The molecular formula is C26H28F2N2O2S. The van der Waals surface area contributed by atoms with E-state index in [9.17, 15) is 18.4 Å². The van der Waals surface area contributed by atoms with Gasteiger partial charge >= 0.3 is 0 Å². The maximum absolute atomic E-state index is 14.3. The van der Waals surface area contributed by atoms with Crippen LogP contribution in [-0.2, 0) is 17.9 Å². The molecule has 4 nitrogen and oxygen atoms in total. The smallest absolute Gasteiger partial charge is 0.257 e. The summed E-state index contributed by atoms with van der Waals surface area (Å²) in [5, 5.41) is 0. The van der Waals surface area contributed by atoms with E-state index in [0.29, 0.717) is 13.0 Å². The van der Waals surface area contributed by atoms with Crippen molar-refractivity contribution in [2.75, 3.05) is 6.54 Å². The van der Waals surface area contributed by atoms with Crippen molar-refractivity contribution in [2.24, 2.45) is 0 Å². The zero-order valence-electron chi connectivity index (χ0n) is 19.1. The molecule has 0 radical (unpaired) electrons. The topological polar surface area (TPSA) is 40.6 Å². The van der Waals surface area contributed by atoms with Crippen LogP contribution in [0.15, 0.2) is 60.7 Å². The number of amides is 2. The summed E-state index contributed by atoms with van der Waals surface area (Å²) in [6.07, 6.45) is 0.621. The zero-order valence-corrected chi connectivity index (χ0v) is 19.9. The maximum Gasteiger partial charge on any atom is 0.257 e. The third-order valence-corrected chi connectivity index (χ3v) is 6.56. The first-order valence-electron chi connectivity index (χ1n) is 10.9. The quantitative estimate of drug-likeness (QED) is 0.396. The third-order valence-electron chi connectivity index (χ3n) is 5.58. The van der Waals surface area contributed by atoms with E-state index in [-0.39, 0.29) is 36.4 Å². The average molecular weight is 471 g/mol. The van der Waals surface area contributed by atoms with E-state index >= 15 is 0 Å². The molecule has 174 valence electrons. The molecule has 33 heavy (non-hydrogen) atoms. The lowest BCUT2D eigenvalue weighted by atomic mass is 10.1. The molecule has 0 saturated carbocycles. The number of carbonyl (C=O) groups excluding carboxylic acids is 2. The van der Waals surface area contributed by atoms with Gasteiger partial charge < -0.3 is 9.80 Å². The molecule has 1 aromatic heterocycles. The van der Waals surface area contributed by atoms with Crippen LogP contribution < -0.4 is 0 Å². The third kappa shape index (κ3) is 6.48. The van der Waals surface area contributed by atoms with E-state index < -0.39 is 11.7 Å². The van der Waals surface area contributed by atoms with Crippen molar-refractivity contribution < 1.29 is 18.4 Å². The summed E-state index contributed by atoms with van der Waals surface area (Å²) in [6.45, 7) is 6.24. The second-order valence-corrected chi connectivity index (χ2v) is 9.43. The van der Waals surface area contributed by atoms with Crippen molar-refractivity contribution in [1.82, 2.24) is 9.80 Å². The Morgan fingerprint density at radius 1 is 0.970 bits per heavy atom. The summed E-state index contributed by atoms with van der Waals surface area (Å²) in [5.74, 6) is -1.72. The lowest BCUT2D eigenvalue weighted by Crippen LogP contribution is -2.46. The fourth-order valence-corrected chi connectivity index (χ4v) is 4.39. The van der Waals surface area contributed by atoms with Gasteiger partial charge in [0.15, 0.2) is 0 Å². The van der Waals surface area contributed by atoms with Gasteiger partial charge in [0.2, 0.25) is 5.91 Å². The summed E-state index contributed by atoms with van der Waals surface area (Å²) in [5.41, 5.74) is 0.734. The van der Waals surface area contributed by atoms with Gasteiger partial charge in [-0.2, -0.15) is 0 Å². The number of halogens is 2. The van der Waals surface area contributed by atoms with E-state index in [1.165, 1.54) is 35.2 Å². The lowest BCUT2D eigenvalue weighted by Gasteiger charge is -2.31. The van der Waals surface area contributed by atoms with Crippen molar-refractivity contribution in [3.63, 3.8) is 0 Å².